The average molecular weight is 257 g/mol. The number of nitrogens with one attached hydrogen (secondary N) is 1. The van der Waals surface area contributed by atoms with E-state index in [4.69, 9.17) is 4.74 Å². The molecule has 0 fully saturated rings. The SMILES string of the molecule is COCC(O)CNC(=O)c1sccc1C(C)C. The summed E-state index contributed by atoms with van der Waals surface area (Å²) in [6.45, 7) is 4.54. The van der Waals surface area contributed by atoms with Crippen LogP contribution in [0, 0.1) is 0 Å². The number of thiophene rings is 1. The molecule has 2 N–H and O–H groups in total. The Bertz CT molecular complexity index is 362. The standard InChI is InChI=1S/C12H19NO3S/c1-8(2)10-4-5-17-11(10)12(15)13-6-9(14)7-16-3/h4-5,8-9,14H,6-7H2,1-3H3,(H,13,15). The topological polar surface area (TPSA) is 58.6 Å². The van der Waals surface area contributed by atoms with Crippen molar-refractivity contribution in [2.45, 2.75) is 25.9 Å². The van der Waals surface area contributed by atoms with Crippen LogP contribution in [0.4, 0.5) is 0 Å². The summed E-state index contributed by atoms with van der Waals surface area (Å²) >= 11 is 1.43. The molecule has 17 heavy (non-hydrogen) atoms. The van der Waals surface area contributed by atoms with Crippen molar-refractivity contribution in [1.82, 2.24) is 5.32 Å². The van der Waals surface area contributed by atoms with Gasteiger partial charge in [0.05, 0.1) is 17.6 Å². The lowest BCUT2D eigenvalue weighted by Crippen LogP contribution is -2.34. The van der Waals surface area contributed by atoms with Crippen LogP contribution in [0.1, 0.15) is 35.0 Å². The number of ether oxygens (including phenoxy) is 1. The van der Waals surface area contributed by atoms with Crippen molar-refractivity contribution in [3.05, 3.63) is 21.9 Å². The molecule has 1 aromatic rings. The van der Waals surface area contributed by atoms with Crippen molar-refractivity contribution >= 4 is 17.2 Å². The first-order valence-electron chi connectivity index (χ1n) is 5.58. The van der Waals surface area contributed by atoms with Gasteiger partial charge in [-0.3, -0.25) is 4.79 Å². The van der Waals surface area contributed by atoms with Gasteiger partial charge in [-0.05, 0) is 22.9 Å². The summed E-state index contributed by atoms with van der Waals surface area (Å²) in [7, 11) is 1.52. The number of carbonyl (C=O) groups excluding carboxylic acids is 1. The summed E-state index contributed by atoms with van der Waals surface area (Å²) in [6.07, 6.45) is -0.661. The molecule has 0 aliphatic rings. The van der Waals surface area contributed by atoms with Crippen LogP contribution in [0.25, 0.3) is 0 Å². The lowest BCUT2D eigenvalue weighted by Gasteiger charge is -2.11. The summed E-state index contributed by atoms with van der Waals surface area (Å²) in [5, 5.41) is 14.1. The number of aliphatic hydroxyl groups is 1. The predicted octanol–water partition coefficient (Wildman–Crippen LogP) is 1.61. The number of carbonyl (C=O) groups is 1. The maximum Gasteiger partial charge on any atom is 0.261 e. The third-order valence-electron chi connectivity index (χ3n) is 2.38. The maximum atomic E-state index is 11.9. The molecule has 0 aliphatic heterocycles. The third-order valence-corrected chi connectivity index (χ3v) is 3.31. The molecular formula is C12H19NO3S. The van der Waals surface area contributed by atoms with Gasteiger partial charge in [0.25, 0.3) is 5.91 Å². The lowest BCUT2D eigenvalue weighted by molar-refractivity contribution is 0.0610. The highest BCUT2D eigenvalue weighted by Gasteiger charge is 2.16. The van der Waals surface area contributed by atoms with E-state index in [0.717, 1.165) is 10.4 Å². The van der Waals surface area contributed by atoms with Crippen molar-refractivity contribution in [3.8, 4) is 0 Å². The highest BCUT2D eigenvalue weighted by Crippen LogP contribution is 2.24. The van der Waals surface area contributed by atoms with Gasteiger partial charge in [0.1, 0.15) is 0 Å². The Balaban J connectivity index is 2.55. The van der Waals surface area contributed by atoms with E-state index >= 15 is 0 Å². The van der Waals surface area contributed by atoms with Gasteiger partial charge in [0.2, 0.25) is 0 Å². The van der Waals surface area contributed by atoms with E-state index in [-0.39, 0.29) is 19.1 Å². The second-order valence-corrected chi connectivity index (χ2v) is 5.10. The van der Waals surface area contributed by atoms with Crippen molar-refractivity contribution in [2.24, 2.45) is 0 Å². The maximum absolute atomic E-state index is 11.9. The van der Waals surface area contributed by atoms with Crippen molar-refractivity contribution < 1.29 is 14.6 Å². The number of methoxy groups -OCH3 is 1. The van der Waals surface area contributed by atoms with Gasteiger partial charge in [-0.15, -0.1) is 11.3 Å². The summed E-state index contributed by atoms with van der Waals surface area (Å²) in [6, 6.07) is 1.97. The molecule has 96 valence electrons. The normalized spacial score (nSPS) is 12.8. The van der Waals surface area contributed by atoms with E-state index in [0.29, 0.717) is 5.92 Å². The van der Waals surface area contributed by atoms with Crippen molar-refractivity contribution in [2.75, 3.05) is 20.3 Å². The van der Waals surface area contributed by atoms with Crippen LogP contribution in [-0.2, 0) is 4.74 Å². The van der Waals surface area contributed by atoms with E-state index in [9.17, 15) is 9.90 Å². The minimum Gasteiger partial charge on any atom is -0.389 e. The minimum atomic E-state index is -0.661. The van der Waals surface area contributed by atoms with Gasteiger partial charge in [0.15, 0.2) is 0 Å². The molecule has 1 aromatic heterocycles. The second kappa shape index (κ2) is 6.74. The molecule has 1 rings (SSSR count). The Morgan fingerprint density at radius 1 is 1.59 bits per heavy atom. The van der Waals surface area contributed by atoms with E-state index in [1.165, 1.54) is 18.4 Å². The van der Waals surface area contributed by atoms with E-state index in [1.807, 2.05) is 11.4 Å². The summed E-state index contributed by atoms with van der Waals surface area (Å²) in [4.78, 5) is 12.6. The van der Waals surface area contributed by atoms with Crippen LogP contribution >= 0.6 is 11.3 Å². The van der Waals surface area contributed by atoms with Crippen molar-refractivity contribution in [3.63, 3.8) is 0 Å². The van der Waals surface area contributed by atoms with Crippen LogP contribution in [0.5, 0.6) is 0 Å². The van der Waals surface area contributed by atoms with Gasteiger partial charge < -0.3 is 15.2 Å². The largest absolute Gasteiger partial charge is 0.389 e. The number of hydrogen-bond acceptors (Lipinski definition) is 4. The molecule has 1 heterocycles. The molecule has 0 saturated heterocycles. The molecule has 0 saturated carbocycles. The lowest BCUT2D eigenvalue weighted by atomic mass is 10.0. The Morgan fingerprint density at radius 3 is 2.88 bits per heavy atom. The van der Waals surface area contributed by atoms with Gasteiger partial charge in [-0.25, -0.2) is 0 Å². The first-order valence-corrected chi connectivity index (χ1v) is 6.46. The Kier molecular flexibility index (Phi) is 5.61. The molecule has 1 unspecified atom stereocenters. The summed E-state index contributed by atoms with van der Waals surface area (Å²) in [5.74, 6) is 0.199. The van der Waals surface area contributed by atoms with Gasteiger partial charge in [-0.1, -0.05) is 13.8 Å². The monoisotopic (exact) mass is 257 g/mol. The van der Waals surface area contributed by atoms with Crippen LogP contribution in [0.2, 0.25) is 0 Å². The van der Waals surface area contributed by atoms with Crippen LogP contribution in [0.15, 0.2) is 11.4 Å². The first-order chi connectivity index (χ1) is 8.06. The number of aliphatic hydroxyl groups excluding tert-OH is 1. The average Bonchev–Trinajstić information content (AvgIpc) is 2.75. The summed E-state index contributed by atoms with van der Waals surface area (Å²) in [5.41, 5.74) is 1.05. The Morgan fingerprint density at radius 2 is 2.29 bits per heavy atom. The van der Waals surface area contributed by atoms with Crippen LogP contribution in [-0.4, -0.2) is 37.4 Å². The zero-order valence-electron chi connectivity index (χ0n) is 10.4. The minimum absolute atomic E-state index is 0.126. The third kappa shape index (κ3) is 4.11. The molecule has 1 amide bonds. The zero-order chi connectivity index (χ0) is 12.8. The van der Waals surface area contributed by atoms with Crippen LogP contribution < -0.4 is 5.32 Å². The van der Waals surface area contributed by atoms with Gasteiger partial charge in [0, 0.05) is 13.7 Å². The highest BCUT2D eigenvalue weighted by atomic mass is 32.1. The Hall–Kier alpha value is -0.910. The number of hydrogen-bond donors (Lipinski definition) is 2. The number of amides is 1. The van der Waals surface area contributed by atoms with Gasteiger partial charge >= 0.3 is 0 Å². The fourth-order valence-corrected chi connectivity index (χ4v) is 2.47. The Labute approximate surface area is 106 Å². The molecule has 0 aliphatic carbocycles. The van der Waals surface area contributed by atoms with Gasteiger partial charge in [-0.2, -0.15) is 0 Å². The van der Waals surface area contributed by atoms with E-state index in [1.54, 1.807) is 0 Å². The van der Waals surface area contributed by atoms with E-state index < -0.39 is 6.10 Å². The first kappa shape index (κ1) is 14.2. The molecule has 1 atom stereocenters. The van der Waals surface area contributed by atoms with E-state index in [2.05, 4.69) is 19.2 Å². The summed E-state index contributed by atoms with van der Waals surface area (Å²) < 4.78 is 4.79. The number of rotatable bonds is 6. The van der Waals surface area contributed by atoms with Crippen LogP contribution in [0.3, 0.4) is 0 Å². The molecule has 4 nitrogen and oxygen atoms in total. The molecule has 0 aromatic carbocycles. The zero-order valence-corrected chi connectivity index (χ0v) is 11.2. The van der Waals surface area contributed by atoms with Crippen molar-refractivity contribution in [1.29, 1.82) is 0 Å². The fraction of sp³-hybridized carbons (Fsp3) is 0.583. The molecule has 0 spiro atoms. The smallest absolute Gasteiger partial charge is 0.261 e. The fourth-order valence-electron chi connectivity index (χ4n) is 1.50. The molecule has 0 radical (unpaired) electrons. The molecule has 5 heteroatoms. The quantitative estimate of drug-likeness (QED) is 0.814. The predicted molar refractivity (Wildman–Crippen MR) is 68.6 cm³/mol. The highest BCUT2D eigenvalue weighted by molar-refractivity contribution is 7.12. The molecule has 0 bridgehead atoms. The molecular weight excluding hydrogens is 238 g/mol. The second-order valence-electron chi connectivity index (χ2n) is 4.18.